The third-order valence-corrected chi connectivity index (χ3v) is 5.87. The van der Waals surface area contributed by atoms with Crippen molar-refractivity contribution < 1.29 is 4.79 Å². The number of fused-ring (bicyclic) bond motifs is 2. The first-order chi connectivity index (χ1) is 12.8. The van der Waals surface area contributed by atoms with Gasteiger partial charge >= 0.3 is 0 Å². The van der Waals surface area contributed by atoms with Crippen LogP contribution in [-0.2, 0) is 11.2 Å². The molecule has 3 unspecified atom stereocenters. The second-order valence-electron chi connectivity index (χ2n) is 7.88. The number of benzene rings is 2. The van der Waals surface area contributed by atoms with E-state index in [0.717, 1.165) is 19.3 Å². The molecule has 2 aliphatic heterocycles. The molecule has 2 fully saturated rings. The SMILES string of the molecule is O=C(CC(Cc1ccccc1)c1ccccc1)NC1CC2CCC(C1)N2. The first-order valence-electron chi connectivity index (χ1n) is 9.90. The van der Waals surface area contributed by atoms with Gasteiger partial charge in [0.15, 0.2) is 0 Å². The molecule has 3 atom stereocenters. The van der Waals surface area contributed by atoms with Crippen LogP contribution in [0.15, 0.2) is 60.7 Å². The maximum atomic E-state index is 12.8. The monoisotopic (exact) mass is 348 g/mol. The Bertz CT molecular complexity index is 704. The predicted molar refractivity (Wildman–Crippen MR) is 105 cm³/mol. The molecular formula is C23H28N2O. The number of piperidine rings is 1. The van der Waals surface area contributed by atoms with Gasteiger partial charge in [-0.15, -0.1) is 0 Å². The van der Waals surface area contributed by atoms with Gasteiger partial charge in [0.25, 0.3) is 0 Å². The molecule has 2 N–H and O–H groups in total. The average molecular weight is 348 g/mol. The molecule has 4 rings (SSSR count). The van der Waals surface area contributed by atoms with Crippen molar-refractivity contribution in [1.82, 2.24) is 10.6 Å². The molecule has 2 heterocycles. The Morgan fingerprint density at radius 2 is 1.58 bits per heavy atom. The lowest BCUT2D eigenvalue weighted by molar-refractivity contribution is -0.122. The van der Waals surface area contributed by atoms with Gasteiger partial charge in [-0.3, -0.25) is 4.79 Å². The van der Waals surface area contributed by atoms with E-state index in [0.29, 0.717) is 24.5 Å². The molecule has 0 aliphatic carbocycles. The van der Waals surface area contributed by atoms with Crippen molar-refractivity contribution in [2.75, 3.05) is 0 Å². The highest BCUT2D eigenvalue weighted by Crippen LogP contribution is 2.28. The average Bonchev–Trinajstić information content (AvgIpc) is 3.01. The fourth-order valence-electron chi connectivity index (χ4n) is 4.62. The number of nitrogens with one attached hydrogen (secondary N) is 2. The Hall–Kier alpha value is -2.13. The van der Waals surface area contributed by atoms with E-state index in [2.05, 4.69) is 59.2 Å². The van der Waals surface area contributed by atoms with Crippen molar-refractivity contribution >= 4 is 5.91 Å². The summed E-state index contributed by atoms with van der Waals surface area (Å²) in [5.41, 5.74) is 2.53. The molecule has 2 aromatic rings. The van der Waals surface area contributed by atoms with Gasteiger partial charge in [0.05, 0.1) is 0 Å². The van der Waals surface area contributed by atoms with Crippen molar-refractivity contribution in [3.8, 4) is 0 Å². The van der Waals surface area contributed by atoms with Gasteiger partial charge in [0, 0.05) is 24.5 Å². The van der Waals surface area contributed by atoms with Crippen LogP contribution in [0.4, 0.5) is 0 Å². The zero-order valence-electron chi connectivity index (χ0n) is 15.2. The van der Waals surface area contributed by atoms with Crippen LogP contribution in [-0.4, -0.2) is 24.0 Å². The van der Waals surface area contributed by atoms with Crippen molar-refractivity contribution in [3.05, 3.63) is 71.8 Å². The quantitative estimate of drug-likeness (QED) is 0.834. The molecule has 2 aliphatic rings. The molecule has 136 valence electrons. The van der Waals surface area contributed by atoms with Crippen LogP contribution in [0, 0.1) is 0 Å². The topological polar surface area (TPSA) is 41.1 Å². The van der Waals surface area contributed by atoms with Crippen LogP contribution in [0.3, 0.4) is 0 Å². The normalized spacial score (nSPS) is 25.6. The van der Waals surface area contributed by atoms with Gasteiger partial charge in [-0.2, -0.15) is 0 Å². The molecule has 3 heteroatoms. The molecular weight excluding hydrogens is 320 g/mol. The fraction of sp³-hybridized carbons (Fsp3) is 0.435. The van der Waals surface area contributed by atoms with Gasteiger partial charge < -0.3 is 10.6 Å². The molecule has 3 nitrogen and oxygen atoms in total. The summed E-state index contributed by atoms with van der Waals surface area (Å²) in [6.45, 7) is 0. The van der Waals surface area contributed by atoms with Crippen LogP contribution < -0.4 is 10.6 Å². The number of rotatable bonds is 6. The molecule has 2 bridgehead atoms. The summed E-state index contributed by atoms with van der Waals surface area (Å²) in [6, 6.07) is 22.5. The number of carbonyl (C=O) groups excluding carboxylic acids is 1. The van der Waals surface area contributed by atoms with Crippen LogP contribution in [0.2, 0.25) is 0 Å². The van der Waals surface area contributed by atoms with E-state index in [-0.39, 0.29) is 11.8 Å². The summed E-state index contributed by atoms with van der Waals surface area (Å²) in [5.74, 6) is 0.415. The van der Waals surface area contributed by atoms with Crippen molar-refractivity contribution in [3.63, 3.8) is 0 Å². The third-order valence-electron chi connectivity index (χ3n) is 5.87. The molecule has 2 saturated heterocycles. The van der Waals surface area contributed by atoms with Crippen LogP contribution in [0.25, 0.3) is 0 Å². The van der Waals surface area contributed by atoms with Gasteiger partial charge in [0.1, 0.15) is 0 Å². The van der Waals surface area contributed by atoms with Crippen molar-refractivity contribution in [2.24, 2.45) is 0 Å². The molecule has 0 spiro atoms. The van der Waals surface area contributed by atoms with Gasteiger partial charge in [0.2, 0.25) is 5.91 Å². The van der Waals surface area contributed by atoms with Gasteiger partial charge in [-0.05, 0) is 49.1 Å². The molecule has 2 aromatic carbocycles. The number of hydrogen-bond acceptors (Lipinski definition) is 2. The second-order valence-corrected chi connectivity index (χ2v) is 7.88. The van der Waals surface area contributed by atoms with E-state index >= 15 is 0 Å². The predicted octanol–water partition coefficient (Wildman–Crippen LogP) is 3.80. The zero-order chi connectivity index (χ0) is 17.8. The first kappa shape index (κ1) is 17.3. The highest BCUT2D eigenvalue weighted by Gasteiger charge is 2.34. The van der Waals surface area contributed by atoms with E-state index in [1.807, 2.05) is 12.1 Å². The molecule has 1 amide bonds. The Kier molecular flexibility index (Phi) is 5.35. The Morgan fingerprint density at radius 1 is 0.962 bits per heavy atom. The second kappa shape index (κ2) is 8.05. The minimum atomic E-state index is 0.195. The van der Waals surface area contributed by atoms with Gasteiger partial charge in [-0.25, -0.2) is 0 Å². The Labute approximate surface area is 156 Å². The maximum Gasteiger partial charge on any atom is 0.220 e. The molecule has 0 saturated carbocycles. The minimum absolute atomic E-state index is 0.195. The summed E-state index contributed by atoms with van der Waals surface area (Å²) in [5, 5.41) is 6.97. The summed E-state index contributed by atoms with van der Waals surface area (Å²) in [4.78, 5) is 12.8. The summed E-state index contributed by atoms with van der Waals surface area (Å²) in [6.07, 6.45) is 6.14. The minimum Gasteiger partial charge on any atom is -0.353 e. The summed E-state index contributed by atoms with van der Waals surface area (Å²) < 4.78 is 0. The van der Waals surface area contributed by atoms with E-state index in [1.165, 1.54) is 24.0 Å². The highest BCUT2D eigenvalue weighted by molar-refractivity contribution is 5.77. The lowest BCUT2D eigenvalue weighted by atomic mass is 9.88. The number of hydrogen-bond donors (Lipinski definition) is 2. The molecule has 0 aromatic heterocycles. The van der Waals surface area contributed by atoms with Crippen molar-refractivity contribution in [1.29, 1.82) is 0 Å². The van der Waals surface area contributed by atoms with E-state index in [9.17, 15) is 4.79 Å². The smallest absolute Gasteiger partial charge is 0.220 e. The number of carbonyl (C=O) groups is 1. The summed E-state index contributed by atoms with van der Waals surface area (Å²) >= 11 is 0. The lowest BCUT2D eigenvalue weighted by Crippen LogP contribution is -2.48. The lowest BCUT2D eigenvalue weighted by Gasteiger charge is -2.30. The van der Waals surface area contributed by atoms with E-state index < -0.39 is 0 Å². The third kappa shape index (κ3) is 4.34. The maximum absolute atomic E-state index is 12.8. The van der Waals surface area contributed by atoms with Crippen LogP contribution in [0.1, 0.15) is 49.1 Å². The molecule has 0 radical (unpaired) electrons. The first-order valence-corrected chi connectivity index (χ1v) is 9.90. The zero-order valence-corrected chi connectivity index (χ0v) is 15.2. The number of amides is 1. The Balaban J connectivity index is 1.41. The fourth-order valence-corrected chi connectivity index (χ4v) is 4.62. The van der Waals surface area contributed by atoms with Gasteiger partial charge in [-0.1, -0.05) is 60.7 Å². The largest absolute Gasteiger partial charge is 0.353 e. The standard InChI is InChI=1S/C23H28N2O/c26-23(25-22-15-20-11-12-21(16-22)24-20)14-19(18-9-5-2-6-10-18)13-17-7-3-1-4-8-17/h1-10,19-22,24H,11-16H2,(H,25,26). The van der Waals surface area contributed by atoms with Crippen molar-refractivity contribution in [2.45, 2.75) is 62.6 Å². The van der Waals surface area contributed by atoms with Crippen LogP contribution >= 0.6 is 0 Å². The summed E-state index contributed by atoms with van der Waals surface area (Å²) in [7, 11) is 0. The Morgan fingerprint density at radius 3 is 2.23 bits per heavy atom. The highest BCUT2D eigenvalue weighted by atomic mass is 16.1. The van der Waals surface area contributed by atoms with E-state index in [4.69, 9.17) is 0 Å². The van der Waals surface area contributed by atoms with E-state index in [1.54, 1.807) is 0 Å². The van der Waals surface area contributed by atoms with Crippen LogP contribution in [0.5, 0.6) is 0 Å². The molecule has 26 heavy (non-hydrogen) atoms.